The maximum Gasteiger partial charge on any atom is 0.257 e. The molecular formula is C11H14F2N2O. The Balaban J connectivity index is 2.83. The Labute approximate surface area is 92.8 Å². The molecule has 0 aliphatic heterocycles. The number of nitrogens with one attached hydrogen (secondary N) is 2. The Kier molecular flexibility index (Phi) is 4.37. The zero-order valence-electron chi connectivity index (χ0n) is 9.23. The zero-order chi connectivity index (χ0) is 12.1. The van der Waals surface area contributed by atoms with Crippen LogP contribution in [0.3, 0.4) is 0 Å². The number of aryl methyl sites for hydroxylation is 1. The number of amides is 1. The van der Waals surface area contributed by atoms with Gasteiger partial charge in [0.15, 0.2) is 0 Å². The van der Waals surface area contributed by atoms with Gasteiger partial charge in [-0.25, -0.2) is 8.78 Å². The number of benzene rings is 1. The fourth-order valence-electron chi connectivity index (χ4n) is 1.31. The minimum Gasteiger partial charge on any atom is -0.351 e. The molecule has 0 spiro atoms. The standard InChI is InChI=1S/C11H14F2N2O/c1-7-5-8(12)10(9(13)6-7)11(16)15-4-3-14-2/h5-6,14H,3-4H2,1-2H3,(H,15,16). The molecule has 5 heteroatoms. The molecule has 0 aliphatic rings. The summed E-state index contributed by atoms with van der Waals surface area (Å²) in [6.45, 7) is 2.43. The van der Waals surface area contributed by atoms with Gasteiger partial charge in [0, 0.05) is 13.1 Å². The van der Waals surface area contributed by atoms with Crippen molar-refractivity contribution in [3.63, 3.8) is 0 Å². The first kappa shape index (κ1) is 12.6. The SMILES string of the molecule is CNCCNC(=O)c1c(F)cc(C)cc1F. The minimum absolute atomic E-state index is 0.322. The lowest BCUT2D eigenvalue weighted by Gasteiger charge is -2.07. The van der Waals surface area contributed by atoms with Gasteiger partial charge in [-0.05, 0) is 31.7 Å². The van der Waals surface area contributed by atoms with E-state index in [1.807, 2.05) is 0 Å². The molecule has 1 aromatic rings. The second-order valence-corrected chi connectivity index (χ2v) is 3.46. The molecule has 1 rings (SSSR count). The second kappa shape index (κ2) is 5.55. The molecule has 3 nitrogen and oxygen atoms in total. The van der Waals surface area contributed by atoms with Gasteiger partial charge in [0.25, 0.3) is 5.91 Å². The summed E-state index contributed by atoms with van der Waals surface area (Å²) in [6, 6.07) is 2.27. The van der Waals surface area contributed by atoms with Gasteiger partial charge in [-0.2, -0.15) is 0 Å². The summed E-state index contributed by atoms with van der Waals surface area (Å²) in [6.07, 6.45) is 0. The Hall–Kier alpha value is -1.49. The van der Waals surface area contributed by atoms with E-state index in [1.54, 1.807) is 14.0 Å². The van der Waals surface area contributed by atoms with Crippen LogP contribution < -0.4 is 10.6 Å². The molecule has 0 atom stereocenters. The summed E-state index contributed by atoms with van der Waals surface area (Å²) in [7, 11) is 1.72. The Morgan fingerprint density at radius 1 is 1.25 bits per heavy atom. The molecule has 0 heterocycles. The summed E-state index contributed by atoms with van der Waals surface area (Å²) >= 11 is 0. The first-order chi connectivity index (χ1) is 7.56. The van der Waals surface area contributed by atoms with E-state index in [9.17, 15) is 13.6 Å². The van der Waals surface area contributed by atoms with Crippen molar-refractivity contribution < 1.29 is 13.6 Å². The van der Waals surface area contributed by atoms with Gasteiger partial charge in [0.05, 0.1) is 0 Å². The van der Waals surface area contributed by atoms with Gasteiger partial charge in [-0.15, -0.1) is 0 Å². The fraction of sp³-hybridized carbons (Fsp3) is 0.364. The lowest BCUT2D eigenvalue weighted by Crippen LogP contribution is -2.31. The number of rotatable bonds is 4. The van der Waals surface area contributed by atoms with Crippen molar-refractivity contribution in [2.24, 2.45) is 0 Å². The predicted molar refractivity (Wildman–Crippen MR) is 57.4 cm³/mol. The number of carbonyl (C=O) groups excluding carboxylic acids is 1. The first-order valence-corrected chi connectivity index (χ1v) is 4.94. The van der Waals surface area contributed by atoms with Gasteiger partial charge in [0.2, 0.25) is 0 Å². The Morgan fingerprint density at radius 2 is 1.81 bits per heavy atom. The summed E-state index contributed by atoms with van der Waals surface area (Å²) in [5, 5.41) is 5.23. The van der Waals surface area contributed by atoms with Gasteiger partial charge >= 0.3 is 0 Å². The highest BCUT2D eigenvalue weighted by Crippen LogP contribution is 2.14. The molecule has 16 heavy (non-hydrogen) atoms. The number of hydrogen-bond acceptors (Lipinski definition) is 2. The van der Waals surface area contributed by atoms with Gasteiger partial charge in [0.1, 0.15) is 17.2 Å². The van der Waals surface area contributed by atoms with Crippen LogP contribution in [0.15, 0.2) is 12.1 Å². The van der Waals surface area contributed by atoms with Crippen molar-refractivity contribution in [1.29, 1.82) is 0 Å². The van der Waals surface area contributed by atoms with E-state index in [4.69, 9.17) is 0 Å². The van der Waals surface area contributed by atoms with Gasteiger partial charge in [-0.1, -0.05) is 0 Å². The zero-order valence-corrected chi connectivity index (χ0v) is 9.23. The van der Waals surface area contributed by atoms with Crippen molar-refractivity contribution in [3.8, 4) is 0 Å². The molecule has 1 amide bonds. The molecular weight excluding hydrogens is 214 g/mol. The molecule has 0 radical (unpaired) electrons. The second-order valence-electron chi connectivity index (χ2n) is 3.46. The molecule has 1 aromatic carbocycles. The molecule has 0 aliphatic carbocycles. The monoisotopic (exact) mass is 228 g/mol. The van der Waals surface area contributed by atoms with Crippen LogP contribution in [0.4, 0.5) is 8.78 Å². The maximum absolute atomic E-state index is 13.4. The van der Waals surface area contributed by atoms with Crippen LogP contribution in [-0.4, -0.2) is 26.0 Å². The fourth-order valence-corrected chi connectivity index (χ4v) is 1.31. The minimum atomic E-state index is -0.834. The van der Waals surface area contributed by atoms with E-state index < -0.39 is 23.1 Å². The van der Waals surface area contributed by atoms with E-state index in [0.29, 0.717) is 18.7 Å². The molecule has 2 N–H and O–H groups in total. The Bertz CT molecular complexity index is 371. The number of carbonyl (C=O) groups is 1. The van der Waals surface area contributed by atoms with Crippen LogP contribution >= 0.6 is 0 Å². The van der Waals surface area contributed by atoms with Crippen LogP contribution in [0, 0.1) is 18.6 Å². The van der Waals surface area contributed by atoms with Gasteiger partial charge in [-0.3, -0.25) is 4.79 Å². The highest BCUT2D eigenvalue weighted by Gasteiger charge is 2.17. The highest BCUT2D eigenvalue weighted by molar-refractivity contribution is 5.94. The van der Waals surface area contributed by atoms with Gasteiger partial charge < -0.3 is 10.6 Å². The van der Waals surface area contributed by atoms with Crippen molar-refractivity contribution in [1.82, 2.24) is 10.6 Å². The van der Waals surface area contributed by atoms with Crippen molar-refractivity contribution in [3.05, 3.63) is 34.9 Å². The number of halogens is 2. The molecule has 0 saturated heterocycles. The van der Waals surface area contributed by atoms with E-state index in [1.165, 1.54) is 0 Å². The molecule has 0 saturated carbocycles. The molecule has 88 valence electrons. The lowest BCUT2D eigenvalue weighted by atomic mass is 10.1. The third kappa shape index (κ3) is 3.00. The summed E-state index contributed by atoms with van der Waals surface area (Å²) in [5.41, 5.74) is -0.0801. The largest absolute Gasteiger partial charge is 0.351 e. The van der Waals surface area contributed by atoms with Crippen LogP contribution in [0.25, 0.3) is 0 Å². The topological polar surface area (TPSA) is 41.1 Å². The molecule has 0 aromatic heterocycles. The molecule has 0 unspecified atom stereocenters. The van der Waals surface area contributed by atoms with Crippen LogP contribution in [0.2, 0.25) is 0 Å². The van der Waals surface area contributed by atoms with E-state index >= 15 is 0 Å². The predicted octanol–water partition coefficient (Wildman–Crippen LogP) is 1.22. The lowest BCUT2D eigenvalue weighted by molar-refractivity contribution is 0.0945. The van der Waals surface area contributed by atoms with E-state index in [2.05, 4.69) is 10.6 Å². The molecule has 0 bridgehead atoms. The van der Waals surface area contributed by atoms with E-state index in [-0.39, 0.29) is 0 Å². The third-order valence-corrected chi connectivity index (χ3v) is 2.07. The smallest absolute Gasteiger partial charge is 0.257 e. The Morgan fingerprint density at radius 3 is 2.31 bits per heavy atom. The average Bonchev–Trinajstić information content (AvgIpc) is 2.16. The quantitative estimate of drug-likeness (QED) is 0.761. The van der Waals surface area contributed by atoms with Crippen molar-refractivity contribution in [2.75, 3.05) is 20.1 Å². The summed E-state index contributed by atoms with van der Waals surface area (Å²) < 4.78 is 26.7. The summed E-state index contributed by atoms with van der Waals surface area (Å²) in [4.78, 5) is 11.5. The van der Waals surface area contributed by atoms with Crippen LogP contribution in [0.5, 0.6) is 0 Å². The first-order valence-electron chi connectivity index (χ1n) is 4.94. The van der Waals surface area contributed by atoms with Crippen molar-refractivity contribution in [2.45, 2.75) is 6.92 Å². The number of hydrogen-bond donors (Lipinski definition) is 2. The molecule has 0 fully saturated rings. The van der Waals surface area contributed by atoms with Crippen LogP contribution in [0.1, 0.15) is 15.9 Å². The summed E-state index contributed by atoms with van der Waals surface area (Å²) in [5.74, 6) is -2.40. The number of likely N-dealkylation sites (N-methyl/N-ethyl adjacent to an activating group) is 1. The third-order valence-electron chi connectivity index (χ3n) is 2.07. The normalized spacial score (nSPS) is 10.2. The maximum atomic E-state index is 13.4. The average molecular weight is 228 g/mol. The van der Waals surface area contributed by atoms with Crippen LogP contribution in [-0.2, 0) is 0 Å². The van der Waals surface area contributed by atoms with E-state index in [0.717, 1.165) is 12.1 Å². The van der Waals surface area contributed by atoms with Crippen molar-refractivity contribution >= 4 is 5.91 Å². The highest BCUT2D eigenvalue weighted by atomic mass is 19.1.